The molecule has 4 rings (SSSR count). The van der Waals surface area contributed by atoms with E-state index in [-0.39, 0.29) is 12.3 Å². The molecule has 5 nitrogen and oxygen atoms in total. The van der Waals surface area contributed by atoms with Crippen molar-refractivity contribution in [3.8, 4) is 0 Å². The number of rotatable bonds is 8. The fourth-order valence-electron chi connectivity index (χ4n) is 3.68. The minimum absolute atomic E-state index is 0.0561. The van der Waals surface area contributed by atoms with Crippen molar-refractivity contribution < 1.29 is 9.90 Å². The summed E-state index contributed by atoms with van der Waals surface area (Å²) >= 11 is 12.9. The number of halogens is 2. The number of aromatic nitrogens is 2. The molecule has 0 aliphatic heterocycles. The Kier molecular flexibility index (Phi) is 6.44. The van der Waals surface area contributed by atoms with Crippen LogP contribution in [0.1, 0.15) is 23.7 Å². The molecule has 7 heteroatoms. The Morgan fingerprint density at radius 1 is 0.968 bits per heavy atom. The highest BCUT2D eigenvalue weighted by Gasteiger charge is 2.24. The number of para-hydroxylation sites is 3. The lowest BCUT2D eigenvalue weighted by Crippen LogP contribution is -2.21. The van der Waals surface area contributed by atoms with E-state index in [4.69, 9.17) is 28.2 Å². The normalized spacial score (nSPS) is 12.1. The zero-order valence-electron chi connectivity index (χ0n) is 16.6. The van der Waals surface area contributed by atoms with E-state index in [2.05, 4.69) is 5.32 Å². The first kappa shape index (κ1) is 21.2. The molecule has 0 amide bonds. The average Bonchev–Trinajstić information content (AvgIpc) is 3.12. The van der Waals surface area contributed by atoms with Crippen molar-refractivity contribution in [3.63, 3.8) is 0 Å². The number of nitrogens with zero attached hydrogens (tertiary/aromatic N) is 2. The molecule has 0 aliphatic rings. The highest BCUT2D eigenvalue weighted by Crippen LogP contribution is 2.30. The number of benzene rings is 3. The molecule has 4 aromatic rings. The van der Waals surface area contributed by atoms with Gasteiger partial charge in [-0.3, -0.25) is 4.79 Å². The third-order valence-corrected chi connectivity index (χ3v) is 5.88. The van der Waals surface area contributed by atoms with Gasteiger partial charge in [0.05, 0.1) is 24.0 Å². The minimum Gasteiger partial charge on any atom is -0.481 e. The van der Waals surface area contributed by atoms with E-state index in [1.54, 1.807) is 18.2 Å². The molecule has 31 heavy (non-hydrogen) atoms. The van der Waals surface area contributed by atoms with Crippen LogP contribution in [-0.2, 0) is 11.3 Å². The van der Waals surface area contributed by atoms with Gasteiger partial charge in [-0.15, -0.1) is 0 Å². The van der Waals surface area contributed by atoms with E-state index >= 15 is 0 Å². The van der Waals surface area contributed by atoms with Crippen LogP contribution in [0.25, 0.3) is 11.0 Å². The van der Waals surface area contributed by atoms with E-state index < -0.39 is 5.97 Å². The summed E-state index contributed by atoms with van der Waals surface area (Å²) in [7, 11) is 0. The van der Waals surface area contributed by atoms with Crippen molar-refractivity contribution >= 4 is 45.9 Å². The maximum atomic E-state index is 11.7. The lowest BCUT2D eigenvalue weighted by molar-refractivity contribution is -0.137. The van der Waals surface area contributed by atoms with Gasteiger partial charge in [-0.25, -0.2) is 4.98 Å². The summed E-state index contributed by atoms with van der Waals surface area (Å²) in [6, 6.07) is 22.9. The molecule has 158 valence electrons. The van der Waals surface area contributed by atoms with Gasteiger partial charge in [0.1, 0.15) is 5.82 Å². The van der Waals surface area contributed by atoms with Crippen LogP contribution in [0, 0.1) is 0 Å². The van der Waals surface area contributed by atoms with Crippen LogP contribution >= 0.6 is 23.2 Å². The molecule has 0 unspecified atom stereocenters. The Bertz CT molecular complexity index is 1190. The van der Waals surface area contributed by atoms with Crippen molar-refractivity contribution in [1.29, 1.82) is 0 Å². The van der Waals surface area contributed by atoms with Crippen LogP contribution in [0.2, 0.25) is 10.0 Å². The number of fused-ring (bicyclic) bond motifs is 1. The maximum absolute atomic E-state index is 11.7. The summed E-state index contributed by atoms with van der Waals surface area (Å²) in [5.74, 6) is -0.552. The molecule has 3 aromatic carbocycles. The molecule has 0 radical (unpaired) electrons. The van der Waals surface area contributed by atoms with E-state index in [9.17, 15) is 9.90 Å². The summed E-state index contributed by atoms with van der Waals surface area (Å²) in [5, 5.41) is 14.0. The smallest absolute Gasteiger partial charge is 0.304 e. The molecule has 0 saturated heterocycles. The molecule has 0 fully saturated rings. The van der Waals surface area contributed by atoms with Gasteiger partial charge in [0.15, 0.2) is 0 Å². The topological polar surface area (TPSA) is 67.2 Å². The predicted octanol–water partition coefficient (Wildman–Crippen LogP) is 6.06. The van der Waals surface area contributed by atoms with Crippen LogP contribution in [0.3, 0.4) is 0 Å². The van der Waals surface area contributed by atoms with E-state index in [0.29, 0.717) is 29.0 Å². The lowest BCUT2D eigenvalue weighted by atomic mass is 10.0. The SMILES string of the molecule is O=C(O)C[C@H](CNc1ccccc1)c1nc2ccccc2n1Cc1c(Cl)cccc1Cl. The molecule has 2 N–H and O–H groups in total. The molecule has 1 aromatic heterocycles. The monoisotopic (exact) mass is 453 g/mol. The minimum atomic E-state index is -0.880. The number of imidazole rings is 1. The second-order valence-electron chi connectivity index (χ2n) is 7.29. The number of aliphatic carboxylic acids is 1. The van der Waals surface area contributed by atoms with Crippen molar-refractivity contribution in [1.82, 2.24) is 9.55 Å². The molecular formula is C24H21Cl2N3O2. The van der Waals surface area contributed by atoms with Gasteiger partial charge in [0.2, 0.25) is 0 Å². The van der Waals surface area contributed by atoms with Crippen molar-refractivity contribution in [2.75, 3.05) is 11.9 Å². The Labute approximate surface area is 190 Å². The number of carbonyl (C=O) groups is 1. The molecule has 1 heterocycles. The van der Waals surface area contributed by atoms with E-state index in [1.165, 1.54) is 0 Å². The highest BCUT2D eigenvalue weighted by atomic mass is 35.5. The summed E-state index contributed by atoms with van der Waals surface area (Å²) in [6.45, 7) is 0.825. The zero-order chi connectivity index (χ0) is 21.8. The third kappa shape index (κ3) is 4.84. The Balaban J connectivity index is 1.76. The first-order valence-corrected chi connectivity index (χ1v) is 10.7. The summed E-state index contributed by atoms with van der Waals surface area (Å²) in [5.41, 5.74) is 3.41. The highest BCUT2D eigenvalue weighted by molar-refractivity contribution is 6.36. The van der Waals surface area contributed by atoms with Gasteiger partial charge in [-0.2, -0.15) is 0 Å². The van der Waals surface area contributed by atoms with Gasteiger partial charge in [0.25, 0.3) is 0 Å². The van der Waals surface area contributed by atoms with Crippen molar-refractivity contribution in [3.05, 3.63) is 94.2 Å². The number of carboxylic acid groups (broad SMARTS) is 1. The number of hydrogen-bond donors (Lipinski definition) is 2. The predicted molar refractivity (Wildman–Crippen MR) is 125 cm³/mol. The van der Waals surface area contributed by atoms with Crippen molar-refractivity contribution in [2.24, 2.45) is 0 Å². The number of anilines is 1. The first-order chi connectivity index (χ1) is 15.0. The molecule has 0 bridgehead atoms. The summed E-state index contributed by atoms with van der Waals surface area (Å²) in [4.78, 5) is 16.5. The van der Waals surface area contributed by atoms with Gasteiger partial charge >= 0.3 is 5.97 Å². The second kappa shape index (κ2) is 9.41. The standard InChI is InChI=1S/C24H21Cl2N3O2/c25-19-9-6-10-20(26)18(19)15-29-22-12-5-4-11-21(22)28-24(29)16(13-23(30)31)14-27-17-7-2-1-3-8-17/h1-12,16,27H,13-15H2,(H,30,31)/t16-/m1/s1. The average molecular weight is 454 g/mol. The van der Waals surface area contributed by atoms with Gasteiger partial charge < -0.3 is 15.0 Å². The van der Waals surface area contributed by atoms with E-state index in [1.807, 2.05) is 59.2 Å². The Morgan fingerprint density at radius 3 is 2.35 bits per heavy atom. The van der Waals surface area contributed by atoms with Gasteiger partial charge in [-0.05, 0) is 36.4 Å². The van der Waals surface area contributed by atoms with Crippen LogP contribution < -0.4 is 5.32 Å². The fourth-order valence-corrected chi connectivity index (χ4v) is 4.19. The maximum Gasteiger partial charge on any atom is 0.304 e. The zero-order valence-corrected chi connectivity index (χ0v) is 18.1. The van der Waals surface area contributed by atoms with E-state index in [0.717, 1.165) is 22.3 Å². The summed E-state index contributed by atoms with van der Waals surface area (Å²) in [6.07, 6.45) is -0.0561. The molecule has 0 saturated carbocycles. The summed E-state index contributed by atoms with van der Waals surface area (Å²) < 4.78 is 2.02. The number of carboxylic acids is 1. The largest absolute Gasteiger partial charge is 0.481 e. The van der Waals surface area contributed by atoms with Crippen LogP contribution in [0.15, 0.2) is 72.8 Å². The van der Waals surface area contributed by atoms with Gasteiger partial charge in [0, 0.05) is 33.8 Å². The quantitative estimate of drug-likeness (QED) is 0.340. The molecule has 0 spiro atoms. The van der Waals surface area contributed by atoms with Crippen LogP contribution in [0.5, 0.6) is 0 Å². The fraction of sp³-hybridized carbons (Fsp3) is 0.167. The Hall–Kier alpha value is -3.02. The second-order valence-corrected chi connectivity index (χ2v) is 8.10. The number of hydrogen-bond acceptors (Lipinski definition) is 3. The third-order valence-electron chi connectivity index (χ3n) is 5.17. The van der Waals surface area contributed by atoms with Crippen LogP contribution in [-0.4, -0.2) is 27.2 Å². The van der Waals surface area contributed by atoms with Gasteiger partial charge in [-0.1, -0.05) is 59.6 Å². The Morgan fingerprint density at radius 2 is 1.65 bits per heavy atom. The molecule has 1 atom stereocenters. The molecule has 0 aliphatic carbocycles. The molecular weight excluding hydrogens is 433 g/mol. The lowest BCUT2D eigenvalue weighted by Gasteiger charge is -2.19. The number of nitrogens with one attached hydrogen (secondary N) is 1. The van der Waals surface area contributed by atoms with Crippen molar-refractivity contribution in [2.45, 2.75) is 18.9 Å². The van der Waals surface area contributed by atoms with Crippen LogP contribution in [0.4, 0.5) is 5.69 Å². The first-order valence-electron chi connectivity index (χ1n) is 9.91.